The number of rotatable bonds is 12. The van der Waals surface area contributed by atoms with Crippen molar-refractivity contribution in [2.75, 3.05) is 38.5 Å². The minimum atomic E-state index is -3.25. The van der Waals surface area contributed by atoms with Crippen LogP contribution in [0.15, 0.2) is 29.3 Å². The summed E-state index contributed by atoms with van der Waals surface area (Å²) in [6.07, 6.45) is 2.51. The molecule has 7 nitrogen and oxygen atoms in total. The number of guanidine groups is 1. The largest absolute Gasteiger partial charge is 0.493 e. The van der Waals surface area contributed by atoms with Crippen LogP contribution < -0.4 is 15.4 Å². The maximum Gasteiger partial charge on any atom is 0.215 e. The third-order valence-electron chi connectivity index (χ3n) is 4.65. The Balaban J connectivity index is 0.00000420. The highest BCUT2D eigenvalue weighted by Gasteiger charge is 2.22. The molecule has 0 spiro atoms. The van der Waals surface area contributed by atoms with E-state index in [9.17, 15) is 8.42 Å². The van der Waals surface area contributed by atoms with Gasteiger partial charge in [0.25, 0.3) is 0 Å². The summed E-state index contributed by atoms with van der Waals surface area (Å²) in [5, 5.41) is 6.29. The molecule has 0 aliphatic heterocycles. The first-order chi connectivity index (χ1) is 13.5. The number of nitrogens with zero attached hydrogens (tertiary/aromatic N) is 2. The van der Waals surface area contributed by atoms with Gasteiger partial charge in [-0.05, 0) is 31.7 Å². The lowest BCUT2D eigenvalue weighted by atomic mass is 10.2. The Morgan fingerprint density at radius 3 is 2.48 bits per heavy atom. The quantitative estimate of drug-likeness (QED) is 0.243. The highest BCUT2D eigenvalue weighted by atomic mass is 127. The van der Waals surface area contributed by atoms with E-state index in [1.54, 1.807) is 0 Å². The predicted molar refractivity (Wildman–Crippen MR) is 130 cm³/mol. The van der Waals surface area contributed by atoms with Crippen LogP contribution in [0, 0.1) is 5.92 Å². The second-order valence-corrected chi connectivity index (χ2v) is 8.97. The molecule has 0 amide bonds. The summed E-state index contributed by atoms with van der Waals surface area (Å²) in [6.45, 7) is 8.91. The summed E-state index contributed by atoms with van der Waals surface area (Å²) in [7, 11) is -3.25. The summed E-state index contributed by atoms with van der Waals surface area (Å²) >= 11 is 0. The Morgan fingerprint density at radius 1 is 1.17 bits per heavy atom. The molecule has 0 bridgehead atoms. The molecule has 1 fully saturated rings. The molecule has 0 heterocycles. The predicted octanol–water partition coefficient (Wildman–Crippen LogP) is 2.82. The number of ether oxygens (including phenoxy) is 1. The Hall–Kier alpha value is -1.07. The summed E-state index contributed by atoms with van der Waals surface area (Å²) in [5.41, 5.74) is 1.02. The van der Waals surface area contributed by atoms with Crippen LogP contribution in [0.1, 0.15) is 39.2 Å². The molecule has 1 aromatic rings. The highest BCUT2D eigenvalue weighted by Crippen LogP contribution is 2.30. The number of hydrogen-bond donors (Lipinski definition) is 2. The molecule has 29 heavy (non-hydrogen) atoms. The molecule has 1 aliphatic carbocycles. The third kappa shape index (κ3) is 9.08. The maximum absolute atomic E-state index is 12.3. The van der Waals surface area contributed by atoms with Crippen molar-refractivity contribution in [2.24, 2.45) is 10.9 Å². The highest BCUT2D eigenvalue weighted by molar-refractivity contribution is 14.0. The third-order valence-corrected chi connectivity index (χ3v) is 6.67. The summed E-state index contributed by atoms with van der Waals surface area (Å²) in [4.78, 5) is 4.60. The zero-order chi connectivity index (χ0) is 20.4. The van der Waals surface area contributed by atoms with E-state index >= 15 is 0 Å². The lowest BCUT2D eigenvalue weighted by molar-refractivity contribution is 0.297. The van der Waals surface area contributed by atoms with E-state index in [1.165, 1.54) is 17.1 Å². The topological polar surface area (TPSA) is 83.0 Å². The fraction of sp³-hybridized carbons (Fsp3) is 0.650. The normalized spacial score (nSPS) is 14.4. The number of para-hydroxylation sites is 1. The van der Waals surface area contributed by atoms with E-state index in [2.05, 4.69) is 15.6 Å². The van der Waals surface area contributed by atoms with Gasteiger partial charge in [-0.3, -0.25) is 0 Å². The number of halogens is 1. The standard InChI is InChI=1S/C20H34N4O3S.HI/c1-4-21-20(22-13-14-28(25,26)24(5-2)6-3)23-15-18-9-7-8-10-19(18)27-16-17-11-12-17;/h7-10,17H,4-6,11-16H2,1-3H3,(H2,21,22,23);1H. The van der Waals surface area contributed by atoms with Crippen molar-refractivity contribution in [1.29, 1.82) is 0 Å². The molecule has 166 valence electrons. The molecule has 0 unspecified atom stereocenters. The monoisotopic (exact) mass is 538 g/mol. The Bertz CT molecular complexity index is 735. The second kappa shape index (κ2) is 13.3. The van der Waals surface area contributed by atoms with E-state index < -0.39 is 10.0 Å². The van der Waals surface area contributed by atoms with E-state index in [-0.39, 0.29) is 29.7 Å². The molecule has 1 aliphatic rings. The van der Waals surface area contributed by atoms with Gasteiger partial charge in [-0.15, -0.1) is 24.0 Å². The van der Waals surface area contributed by atoms with Crippen LogP contribution in [-0.2, 0) is 16.6 Å². The van der Waals surface area contributed by atoms with Gasteiger partial charge in [0.15, 0.2) is 5.96 Å². The van der Waals surface area contributed by atoms with Crippen molar-refractivity contribution in [3.8, 4) is 5.75 Å². The first-order valence-corrected chi connectivity index (χ1v) is 11.8. The van der Waals surface area contributed by atoms with Crippen LogP contribution in [0.2, 0.25) is 0 Å². The van der Waals surface area contributed by atoms with Gasteiger partial charge in [0, 0.05) is 31.7 Å². The van der Waals surface area contributed by atoms with Gasteiger partial charge in [0.2, 0.25) is 10.0 Å². The van der Waals surface area contributed by atoms with Gasteiger partial charge in [-0.25, -0.2) is 17.7 Å². The van der Waals surface area contributed by atoms with Crippen molar-refractivity contribution < 1.29 is 13.2 Å². The zero-order valence-corrected chi connectivity index (χ0v) is 20.8. The molecule has 0 radical (unpaired) electrons. The van der Waals surface area contributed by atoms with Crippen LogP contribution in [0.3, 0.4) is 0 Å². The van der Waals surface area contributed by atoms with Crippen LogP contribution in [-0.4, -0.2) is 57.2 Å². The van der Waals surface area contributed by atoms with E-state index in [1.807, 2.05) is 45.0 Å². The number of aliphatic imine (C=N–C) groups is 1. The van der Waals surface area contributed by atoms with Gasteiger partial charge < -0.3 is 15.4 Å². The molecular weight excluding hydrogens is 503 g/mol. The summed E-state index contributed by atoms with van der Waals surface area (Å²) < 4.78 is 32.0. The number of sulfonamides is 1. The van der Waals surface area contributed by atoms with Crippen molar-refractivity contribution in [3.63, 3.8) is 0 Å². The Morgan fingerprint density at radius 2 is 1.86 bits per heavy atom. The molecule has 2 rings (SSSR count). The van der Waals surface area contributed by atoms with Crippen molar-refractivity contribution in [1.82, 2.24) is 14.9 Å². The first kappa shape index (κ1) is 26.0. The Labute approximate surface area is 192 Å². The average Bonchev–Trinajstić information content (AvgIpc) is 3.50. The number of benzene rings is 1. The van der Waals surface area contributed by atoms with Crippen molar-refractivity contribution in [3.05, 3.63) is 29.8 Å². The molecule has 9 heteroatoms. The molecule has 2 N–H and O–H groups in total. The van der Waals surface area contributed by atoms with Gasteiger partial charge >= 0.3 is 0 Å². The smallest absolute Gasteiger partial charge is 0.215 e. The van der Waals surface area contributed by atoms with Crippen LogP contribution >= 0.6 is 24.0 Å². The Kier molecular flexibility index (Phi) is 11.9. The zero-order valence-electron chi connectivity index (χ0n) is 17.7. The maximum atomic E-state index is 12.3. The molecule has 1 aromatic carbocycles. The molecule has 0 aromatic heterocycles. The van der Waals surface area contributed by atoms with Crippen LogP contribution in [0.4, 0.5) is 0 Å². The minimum Gasteiger partial charge on any atom is -0.493 e. The molecule has 1 saturated carbocycles. The van der Waals surface area contributed by atoms with Gasteiger partial charge in [0.05, 0.1) is 18.9 Å². The fourth-order valence-corrected chi connectivity index (χ4v) is 4.22. The van der Waals surface area contributed by atoms with E-state index in [0.717, 1.165) is 17.9 Å². The SMILES string of the molecule is CCNC(=NCc1ccccc1OCC1CC1)NCCS(=O)(=O)N(CC)CC.I. The number of nitrogens with one attached hydrogen (secondary N) is 2. The summed E-state index contributed by atoms with van der Waals surface area (Å²) in [5.74, 6) is 2.22. The van der Waals surface area contributed by atoms with Crippen molar-refractivity contribution >= 4 is 40.0 Å². The summed E-state index contributed by atoms with van der Waals surface area (Å²) in [6, 6.07) is 7.94. The van der Waals surface area contributed by atoms with Gasteiger partial charge in [0.1, 0.15) is 5.75 Å². The molecule has 0 saturated heterocycles. The van der Waals surface area contributed by atoms with E-state index in [0.29, 0.717) is 44.6 Å². The number of hydrogen-bond acceptors (Lipinski definition) is 4. The molecular formula is C20H35IN4O3S. The van der Waals surface area contributed by atoms with Gasteiger partial charge in [-0.2, -0.15) is 0 Å². The molecule has 0 atom stereocenters. The fourth-order valence-electron chi connectivity index (χ4n) is 2.82. The van der Waals surface area contributed by atoms with Crippen LogP contribution in [0.25, 0.3) is 0 Å². The first-order valence-electron chi connectivity index (χ1n) is 10.2. The van der Waals surface area contributed by atoms with Gasteiger partial charge in [-0.1, -0.05) is 32.0 Å². The van der Waals surface area contributed by atoms with Crippen LogP contribution in [0.5, 0.6) is 5.75 Å². The minimum absolute atomic E-state index is 0. The second-order valence-electron chi connectivity index (χ2n) is 6.88. The lowest BCUT2D eigenvalue weighted by Crippen LogP contribution is -2.42. The average molecular weight is 538 g/mol. The van der Waals surface area contributed by atoms with E-state index in [4.69, 9.17) is 4.74 Å². The van der Waals surface area contributed by atoms with Crippen molar-refractivity contribution in [2.45, 2.75) is 40.2 Å². The lowest BCUT2D eigenvalue weighted by Gasteiger charge is -2.19.